The molecule has 22 heavy (non-hydrogen) atoms. The Morgan fingerprint density at radius 1 is 1.59 bits per heavy atom. The van der Waals surface area contributed by atoms with E-state index in [0.717, 1.165) is 50.5 Å². The molecule has 7 heteroatoms. The summed E-state index contributed by atoms with van der Waals surface area (Å²) >= 11 is 1.65. The van der Waals surface area contributed by atoms with Crippen LogP contribution >= 0.6 is 11.3 Å². The van der Waals surface area contributed by atoms with E-state index in [0.29, 0.717) is 6.54 Å². The van der Waals surface area contributed by atoms with Gasteiger partial charge in [-0.15, -0.1) is 11.3 Å². The lowest BCUT2D eigenvalue weighted by Gasteiger charge is -2.32. The number of nitrogens with one attached hydrogen (secondary N) is 2. The summed E-state index contributed by atoms with van der Waals surface area (Å²) in [5.41, 5.74) is 0. The highest BCUT2D eigenvalue weighted by molar-refractivity contribution is 7.11. The average Bonchev–Trinajstić information content (AvgIpc) is 2.99. The third kappa shape index (κ3) is 5.55. The second kappa shape index (κ2) is 9.07. The first-order valence-electron chi connectivity index (χ1n) is 7.90. The number of carbonyl (C=O) groups excluding carboxylic acids is 1. The minimum Gasteiger partial charge on any atom is -0.383 e. The van der Waals surface area contributed by atoms with Gasteiger partial charge in [0.2, 0.25) is 0 Å². The van der Waals surface area contributed by atoms with Crippen LogP contribution in [0.25, 0.3) is 0 Å². The van der Waals surface area contributed by atoms with E-state index in [1.807, 2.05) is 6.20 Å². The van der Waals surface area contributed by atoms with Crippen LogP contribution in [-0.2, 0) is 17.7 Å². The molecular formula is C15H26N4O2S. The minimum atomic E-state index is -0.105. The number of carbonyl (C=O) groups is 1. The van der Waals surface area contributed by atoms with Crippen molar-refractivity contribution in [3.05, 3.63) is 16.1 Å². The maximum Gasteiger partial charge on any atom is 0.315 e. The van der Waals surface area contributed by atoms with Crippen LogP contribution in [0.4, 0.5) is 4.79 Å². The molecule has 1 fully saturated rings. The summed E-state index contributed by atoms with van der Waals surface area (Å²) in [6.07, 6.45) is 5.02. The molecule has 1 aromatic heterocycles. The maximum atomic E-state index is 12.0. The van der Waals surface area contributed by atoms with E-state index in [-0.39, 0.29) is 12.1 Å². The number of aromatic nitrogens is 1. The summed E-state index contributed by atoms with van der Waals surface area (Å²) in [5.74, 6) is 0. The Hall–Kier alpha value is -1.18. The van der Waals surface area contributed by atoms with Crippen LogP contribution in [0.15, 0.2) is 6.20 Å². The fourth-order valence-corrected chi connectivity index (χ4v) is 3.38. The van der Waals surface area contributed by atoms with E-state index in [4.69, 9.17) is 4.74 Å². The van der Waals surface area contributed by atoms with Gasteiger partial charge in [0.15, 0.2) is 0 Å². The molecule has 2 heterocycles. The fourth-order valence-electron chi connectivity index (χ4n) is 2.58. The summed E-state index contributed by atoms with van der Waals surface area (Å²) in [7, 11) is 1.72. The standard InChI is InChI=1S/C15H26N4O2S/c1-3-13-9-16-14(22-13)10-17-15(20)18-12-5-4-6-19(11-12)7-8-21-2/h9,12H,3-8,10-11H2,1-2H3,(H2,17,18,20). The van der Waals surface area contributed by atoms with Crippen molar-refractivity contribution in [2.75, 3.05) is 33.4 Å². The smallest absolute Gasteiger partial charge is 0.315 e. The number of hydrogen-bond acceptors (Lipinski definition) is 5. The molecule has 2 N–H and O–H groups in total. The van der Waals surface area contributed by atoms with E-state index in [9.17, 15) is 4.79 Å². The highest BCUT2D eigenvalue weighted by atomic mass is 32.1. The van der Waals surface area contributed by atoms with E-state index in [2.05, 4.69) is 27.4 Å². The van der Waals surface area contributed by atoms with Gasteiger partial charge < -0.3 is 15.4 Å². The number of hydrogen-bond donors (Lipinski definition) is 2. The van der Waals surface area contributed by atoms with E-state index < -0.39 is 0 Å². The van der Waals surface area contributed by atoms with E-state index in [1.165, 1.54) is 4.88 Å². The molecule has 0 aromatic carbocycles. The number of aryl methyl sites for hydroxylation is 1. The first kappa shape index (κ1) is 17.2. The number of likely N-dealkylation sites (tertiary alicyclic amines) is 1. The van der Waals surface area contributed by atoms with Crippen molar-refractivity contribution in [3.8, 4) is 0 Å². The third-order valence-corrected chi connectivity index (χ3v) is 4.94. The van der Waals surface area contributed by atoms with Crippen molar-refractivity contribution >= 4 is 17.4 Å². The Kier molecular flexibility index (Phi) is 7.08. The summed E-state index contributed by atoms with van der Waals surface area (Å²) in [4.78, 5) is 19.9. The molecular weight excluding hydrogens is 300 g/mol. The van der Waals surface area contributed by atoms with Gasteiger partial charge in [0.1, 0.15) is 5.01 Å². The van der Waals surface area contributed by atoms with Crippen molar-refractivity contribution in [2.24, 2.45) is 0 Å². The first-order valence-corrected chi connectivity index (χ1v) is 8.72. The van der Waals surface area contributed by atoms with Crippen molar-refractivity contribution in [1.82, 2.24) is 20.5 Å². The molecule has 6 nitrogen and oxygen atoms in total. The summed E-state index contributed by atoms with van der Waals surface area (Å²) < 4.78 is 5.11. The number of urea groups is 1. The highest BCUT2D eigenvalue weighted by Crippen LogP contribution is 2.13. The van der Waals surface area contributed by atoms with Gasteiger partial charge in [0, 0.05) is 37.3 Å². The molecule has 0 radical (unpaired) electrons. The predicted octanol–water partition coefficient (Wildman–Crippen LogP) is 1.62. The number of amides is 2. The fraction of sp³-hybridized carbons (Fsp3) is 0.733. The molecule has 0 saturated carbocycles. The molecule has 1 unspecified atom stereocenters. The largest absolute Gasteiger partial charge is 0.383 e. The van der Waals surface area contributed by atoms with Crippen molar-refractivity contribution in [1.29, 1.82) is 0 Å². The van der Waals surface area contributed by atoms with Gasteiger partial charge in [-0.3, -0.25) is 4.90 Å². The lowest BCUT2D eigenvalue weighted by atomic mass is 10.1. The summed E-state index contributed by atoms with van der Waals surface area (Å²) in [6, 6.07) is 0.111. The van der Waals surface area contributed by atoms with Crippen molar-refractivity contribution in [2.45, 2.75) is 38.8 Å². The average molecular weight is 326 g/mol. The maximum absolute atomic E-state index is 12.0. The third-order valence-electron chi connectivity index (χ3n) is 3.80. The van der Waals surface area contributed by atoms with Crippen LogP contribution in [0, 0.1) is 0 Å². The van der Waals surface area contributed by atoms with Crippen LogP contribution in [0.5, 0.6) is 0 Å². The lowest BCUT2D eigenvalue weighted by Crippen LogP contribution is -2.50. The zero-order valence-electron chi connectivity index (χ0n) is 13.4. The summed E-state index contributed by atoms with van der Waals surface area (Å²) in [6.45, 7) is 6.25. The van der Waals surface area contributed by atoms with Crippen LogP contribution in [0.2, 0.25) is 0 Å². The molecule has 0 aliphatic carbocycles. The Morgan fingerprint density at radius 2 is 2.45 bits per heavy atom. The minimum absolute atomic E-state index is 0.105. The molecule has 1 aliphatic rings. The Bertz CT molecular complexity index is 466. The van der Waals surface area contributed by atoms with E-state index >= 15 is 0 Å². The zero-order valence-corrected chi connectivity index (χ0v) is 14.2. The van der Waals surface area contributed by atoms with Crippen LogP contribution in [0.1, 0.15) is 29.7 Å². The number of rotatable bonds is 7. The molecule has 0 bridgehead atoms. The molecule has 2 rings (SSSR count). The normalized spacial score (nSPS) is 19.1. The van der Waals surface area contributed by atoms with Crippen LogP contribution in [0.3, 0.4) is 0 Å². The predicted molar refractivity (Wildman–Crippen MR) is 88.2 cm³/mol. The van der Waals surface area contributed by atoms with E-state index in [1.54, 1.807) is 18.4 Å². The number of piperidine rings is 1. The summed E-state index contributed by atoms with van der Waals surface area (Å²) in [5, 5.41) is 6.91. The van der Waals surface area contributed by atoms with Gasteiger partial charge >= 0.3 is 6.03 Å². The van der Waals surface area contributed by atoms with Crippen LogP contribution < -0.4 is 10.6 Å². The van der Waals surface area contributed by atoms with Crippen molar-refractivity contribution in [3.63, 3.8) is 0 Å². The zero-order chi connectivity index (χ0) is 15.8. The molecule has 124 valence electrons. The number of methoxy groups -OCH3 is 1. The van der Waals surface area contributed by atoms with Gasteiger partial charge in [0.25, 0.3) is 0 Å². The highest BCUT2D eigenvalue weighted by Gasteiger charge is 2.20. The Labute approximate surface area is 136 Å². The van der Waals surface area contributed by atoms with Gasteiger partial charge in [0.05, 0.1) is 13.2 Å². The Morgan fingerprint density at radius 3 is 3.18 bits per heavy atom. The molecule has 1 aliphatic heterocycles. The second-order valence-electron chi connectivity index (χ2n) is 5.53. The molecule has 2 amide bonds. The molecule has 0 spiro atoms. The lowest BCUT2D eigenvalue weighted by molar-refractivity contribution is 0.123. The van der Waals surface area contributed by atoms with Gasteiger partial charge in [-0.1, -0.05) is 6.92 Å². The molecule has 1 saturated heterocycles. The number of nitrogens with zero attached hydrogens (tertiary/aromatic N) is 2. The van der Waals surface area contributed by atoms with Crippen molar-refractivity contribution < 1.29 is 9.53 Å². The first-order chi connectivity index (χ1) is 10.7. The van der Waals surface area contributed by atoms with Gasteiger partial charge in [-0.25, -0.2) is 9.78 Å². The second-order valence-corrected chi connectivity index (χ2v) is 6.73. The molecule has 1 aromatic rings. The van der Waals surface area contributed by atoms with Gasteiger partial charge in [-0.2, -0.15) is 0 Å². The number of thiazole rings is 1. The molecule has 1 atom stereocenters. The van der Waals surface area contributed by atoms with Gasteiger partial charge in [-0.05, 0) is 25.8 Å². The SMILES string of the molecule is CCc1cnc(CNC(=O)NC2CCCN(CCOC)C2)s1. The Balaban J connectivity index is 1.69. The van der Waals surface area contributed by atoms with Crippen LogP contribution in [-0.4, -0.2) is 55.3 Å². The quantitative estimate of drug-likeness (QED) is 0.799. The topological polar surface area (TPSA) is 66.5 Å². The monoisotopic (exact) mass is 326 g/mol. The number of ether oxygens (including phenoxy) is 1.